The standard InChI is InChI=1S/C23H20N4O4/c1-29-19-10-9-16(12-20(19)30-2)23(28)25-18-8-4-3-6-15(18)13-21-26-22(27-31-21)17-7-5-11-24-14-17/h3-12,14H,13H2,1-2H3,(H,25,28). The van der Waals surface area contributed by atoms with Crippen LogP contribution in [0, 0.1) is 0 Å². The highest BCUT2D eigenvalue weighted by molar-refractivity contribution is 6.05. The maximum Gasteiger partial charge on any atom is 0.255 e. The Morgan fingerprint density at radius 2 is 1.87 bits per heavy atom. The molecule has 0 atom stereocenters. The number of aromatic nitrogens is 3. The van der Waals surface area contributed by atoms with Crippen molar-refractivity contribution < 1.29 is 18.8 Å². The van der Waals surface area contributed by atoms with Crippen LogP contribution < -0.4 is 14.8 Å². The van der Waals surface area contributed by atoms with E-state index in [-0.39, 0.29) is 5.91 Å². The van der Waals surface area contributed by atoms with Gasteiger partial charge in [-0.25, -0.2) is 0 Å². The number of para-hydroxylation sites is 1. The summed E-state index contributed by atoms with van der Waals surface area (Å²) in [5.74, 6) is 1.68. The molecule has 31 heavy (non-hydrogen) atoms. The molecule has 0 aliphatic carbocycles. The Morgan fingerprint density at radius 1 is 1.03 bits per heavy atom. The number of hydrogen-bond donors (Lipinski definition) is 1. The molecule has 156 valence electrons. The average Bonchev–Trinajstić information content (AvgIpc) is 3.29. The van der Waals surface area contributed by atoms with Crippen molar-refractivity contribution in [2.24, 2.45) is 0 Å². The Labute approximate surface area is 178 Å². The highest BCUT2D eigenvalue weighted by Gasteiger charge is 2.15. The molecule has 2 aromatic heterocycles. The zero-order valence-corrected chi connectivity index (χ0v) is 17.0. The quantitative estimate of drug-likeness (QED) is 0.486. The summed E-state index contributed by atoms with van der Waals surface area (Å²) >= 11 is 0. The normalized spacial score (nSPS) is 10.5. The minimum Gasteiger partial charge on any atom is -0.493 e. The number of nitrogens with zero attached hydrogens (tertiary/aromatic N) is 3. The largest absolute Gasteiger partial charge is 0.493 e. The minimum absolute atomic E-state index is 0.269. The third-order valence-electron chi connectivity index (χ3n) is 4.64. The second kappa shape index (κ2) is 9.08. The molecule has 8 heteroatoms. The number of methoxy groups -OCH3 is 2. The van der Waals surface area contributed by atoms with Crippen molar-refractivity contribution in [3.05, 3.63) is 84.0 Å². The van der Waals surface area contributed by atoms with Crippen molar-refractivity contribution in [3.63, 3.8) is 0 Å². The number of carbonyl (C=O) groups is 1. The fourth-order valence-electron chi connectivity index (χ4n) is 3.07. The summed E-state index contributed by atoms with van der Waals surface area (Å²) in [6, 6.07) is 16.1. The second-order valence-electron chi connectivity index (χ2n) is 6.61. The first-order valence-electron chi connectivity index (χ1n) is 9.52. The van der Waals surface area contributed by atoms with E-state index in [4.69, 9.17) is 14.0 Å². The Morgan fingerprint density at radius 3 is 2.65 bits per heavy atom. The minimum atomic E-state index is -0.269. The summed E-state index contributed by atoms with van der Waals surface area (Å²) in [4.78, 5) is 21.3. The number of pyridine rings is 1. The number of nitrogens with one attached hydrogen (secondary N) is 1. The SMILES string of the molecule is COc1ccc(C(=O)Nc2ccccc2Cc2nc(-c3cccnc3)no2)cc1OC. The van der Waals surface area contributed by atoms with Gasteiger partial charge in [0.25, 0.3) is 5.91 Å². The lowest BCUT2D eigenvalue weighted by molar-refractivity contribution is 0.102. The fourth-order valence-corrected chi connectivity index (χ4v) is 3.07. The third kappa shape index (κ3) is 4.53. The Bertz CT molecular complexity index is 1190. The van der Waals surface area contributed by atoms with E-state index in [0.717, 1.165) is 11.1 Å². The number of carbonyl (C=O) groups excluding carboxylic acids is 1. The van der Waals surface area contributed by atoms with Crippen molar-refractivity contribution in [2.45, 2.75) is 6.42 Å². The molecule has 0 spiro atoms. The first-order chi connectivity index (χ1) is 15.2. The number of hydrogen-bond acceptors (Lipinski definition) is 7. The van der Waals surface area contributed by atoms with Crippen LogP contribution in [0.4, 0.5) is 5.69 Å². The van der Waals surface area contributed by atoms with Gasteiger partial charge in [0, 0.05) is 29.2 Å². The molecule has 2 aromatic carbocycles. The van der Waals surface area contributed by atoms with Crippen LogP contribution >= 0.6 is 0 Å². The van der Waals surface area contributed by atoms with Crippen LogP contribution in [0.1, 0.15) is 21.8 Å². The zero-order chi connectivity index (χ0) is 21.6. The zero-order valence-electron chi connectivity index (χ0n) is 17.0. The molecule has 2 heterocycles. The van der Waals surface area contributed by atoms with Crippen molar-refractivity contribution in [3.8, 4) is 22.9 Å². The highest BCUT2D eigenvalue weighted by Crippen LogP contribution is 2.28. The summed E-state index contributed by atoms with van der Waals surface area (Å²) in [5.41, 5.74) is 2.72. The molecule has 8 nitrogen and oxygen atoms in total. The first kappa shape index (κ1) is 20.1. The molecule has 0 radical (unpaired) electrons. The highest BCUT2D eigenvalue weighted by atomic mass is 16.5. The molecule has 0 aliphatic heterocycles. The molecule has 1 amide bonds. The Hall–Kier alpha value is -4.20. The molecule has 4 aromatic rings. The monoisotopic (exact) mass is 416 g/mol. The van der Waals surface area contributed by atoms with Gasteiger partial charge in [-0.3, -0.25) is 9.78 Å². The van der Waals surface area contributed by atoms with Crippen LogP contribution in [0.2, 0.25) is 0 Å². The van der Waals surface area contributed by atoms with E-state index in [1.54, 1.807) is 37.7 Å². The van der Waals surface area contributed by atoms with Crippen LogP contribution in [0.25, 0.3) is 11.4 Å². The molecular weight excluding hydrogens is 396 g/mol. The van der Waals surface area contributed by atoms with Gasteiger partial charge in [-0.05, 0) is 42.0 Å². The van der Waals surface area contributed by atoms with Crippen LogP contribution in [0.5, 0.6) is 11.5 Å². The molecule has 1 N–H and O–H groups in total. The molecule has 0 aliphatic rings. The van der Waals surface area contributed by atoms with Crippen LogP contribution in [0.3, 0.4) is 0 Å². The topological polar surface area (TPSA) is 99.4 Å². The van der Waals surface area contributed by atoms with Crippen molar-refractivity contribution in [2.75, 3.05) is 19.5 Å². The van der Waals surface area contributed by atoms with Gasteiger partial charge in [0.2, 0.25) is 11.7 Å². The number of ether oxygens (including phenoxy) is 2. The lowest BCUT2D eigenvalue weighted by Crippen LogP contribution is -2.13. The molecule has 0 fully saturated rings. The smallest absolute Gasteiger partial charge is 0.255 e. The Kier molecular flexibility index (Phi) is 5.89. The van der Waals surface area contributed by atoms with Gasteiger partial charge in [0.1, 0.15) is 0 Å². The van der Waals surface area contributed by atoms with Gasteiger partial charge in [-0.15, -0.1) is 0 Å². The molecule has 0 saturated heterocycles. The van der Waals surface area contributed by atoms with Gasteiger partial charge >= 0.3 is 0 Å². The lowest BCUT2D eigenvalue weighted by Gasteiger charge is -2.12. The predicted molar refractivity (Wildman–Crippen MR) is 114 cm³/mol. The summed E-state index contributed by atoms with van der Waals surface area (Å²) in [7, 11) is 3.07. The van der Waals surface area contributed by atoms with E-state index in [0.29, 0.717) is 40.9 Å². The maximum absolute atomic E-state index is 12.8. The third-order valence-corrected chi connectivity index (χ3v) is 4.64. The fraction of sp³-hybridized carbons (Fsp3) is 0.130. The lowest BCUT2D eigenvalue weighted by atomic mass is 10.1. The van der Waals surface area contributed by atoms with E-state index < -0.39 is 0 Å². The number of benzene rings is 2. The maximum atomic E-state index is 12.8. The first-order valence-corrected chi connectivity index (χ1v) is 9.52. The number of amides is 1. The van der Waals surface area contributed by atoms with E-state index >= 15 is 0 Å². The summed E-state index contributed by atoms with van der Waals surface area (Å²) in [6.07, 6.45) is 3.73. The predicted octanol–water partition coefficient (Wildman–Crippen LogP) is 3.99. The van der Waals surface area contributed by atoms with Gasteiger partial charge in [0.05, 0.1) is 20.6 Å². The molecule has 0 saturated carbocycles. The Balaban J connectivity index is 1.53. The van der Waals surface area contributed by atoms with E-state index in [9.17, 15) is 4.79 Å². The summed E-state index contributed by atoms with van der Waals surface area (Å²) < 4.78 is 15.9. The molecule has 0 bridgehead atoms. The van der Waals surface area contributed by atoms with Gasteiger partial charge in [-0.2, -0.15) is 4.98 Å². The van der Waals surface area contributed by atoms with Gasteiger partial charge < -0.3 is 19.3 Å². The molecular formula is C23H20N4O4. The second-order valence-corrected chi connectivity index (χ2v) is 6.61. The van der Waals surface area contributed by atoms with Gasteiger partial charge in [-0.1, -0.05) is 23.4 Å². The van der Waals surface area contributed by atoms with E-state index in [2.05, 4.69) is 20.4 Å². The van der Waals surface area contributed by atoms with Crippen molar-refractivity contribution in [1.82, 2.24) is 15.1 Å². The van der Waals surface area contributed by atoms with Crippen molar-refractivity contribution in [1.29, 1.82) is 0 Å². The molecule has 4 rings (SSSR count). The number of anilines is 1. The van der Waals surface area contributed by atoms with Gasteiger partial charge in [0.15, 0.2) is 11.5 Å². The summed E-state index contributed by atoms with van der Waals surface area (Å²) in [5, 5.41) is 6.96. The van der Waals surface area contributed by atoms with Crippen molar-refractivity contribution >= 4 is 11.6 Å². The summed E-state index contributed by atoms with van der Waals surface area (Å²) in [6.45, 7) is 0. The number of rotatable bonds is 7. The van der Waals surface area contributed by atoms with E-state index in [1.807, 2.05) is 36.4 Å². The average molecular weight is 416 g/mol. The molecule has 0 unspecified atom stereocenters. The van der Waals surface area contributed by atoms with Crippen LogP contribution in [0.15, 0.2) is 71.5 Å². The van der Waals surface area contributed by atoms with Crippen LogP contribution in [-0.2, 0) is 6.42 Å². The van der Waals surface area contributed by atoms with Crippen LogP contribution in [-0.4, -0.2) is 35.3 Å². The van der Waals surface area contributed by atoms with E-state index in [1.165, 1.54) is 7.11 Å².